The molecule has 1 N–H and O–H groups in total. The molecule has 1 atom stereocenters. The molecule has 0 aliphatic heterocycles. The normalized spacial score (nSPS) is 12.1. The first-order valence-electron chi connectivity index (χ1n) is 6.33. The average molecular weight is 311 g/mol. The molecular weight excluding hydrogens is 295 g/mol. The number of aliphatic hydroxyl groups excluding tert-OH is 1. The Kier molecular flexibility index (Phi) is 4.70. The zero-order chi connectivity index (χ0) is 15.6. The van der Waals surface area contributed by atoms with E-state index in [0.717, 1.165) is 0 Å². The Labute approximate surface area is 127 Å². The molecule has 2 aromatic rings. The zero-order valence-corrected chi connectivity index (χ0v) is 12.7. The lowest BCUT2D eigenvalue weighted by Gasteiger charge is -2.16. The number of aliphatic hydroxyl groups is 1. The standard InChI is InChI=1S/C16H16ClFO3/c1-9-4-13(14(17)8-15(9)18)16(19)10-5-11(20-2)7-12(6-10)21-3/h4-8,16,19H,1-3H3. The van der Waals surface area contributed by atoms with Crippen LogP contribution in [0.1, 0.15) is 22.8 Å². The molecule has 112 valence electrons. The van der Waals surface area contributed by atoms with Gasteiger partial charge in [0.15, 0.2) is 0 Å². The van der Waals surface area contributed by atoms with Gasteiger partial charge in [0.25, 0.3) is 0 Å². The number of aryl methyl sites for hydroxylation is 1. The zero-order valence-electron chi connectivity index (χ0n) is 12.0. The predicted molar refractivity (Wildman–Crippen MR) is 79.8 cm³/mol. The van der Waals surface area contributed by atoms with E-state index < -0.39 is 11.9 Å². The van der Waals surface area contributed by atoms with E-state index in [2.05, 4.69) is 0 Å². The molecule has 0 aliphatic rings. The molecule has 0 aromatic heterocycles. The van der Waals surface area contributed by atoms with Crippen molar-refractivity contribution in [1.82, 2.24) is 0 Å². The molecule has 1 unspecified atom stereocenters. The lowest BCUT2D eigenvalue weighted by atomic mass is 9.99. The summed E-state index contributed by atoms with van der Waals surface area (Å²) >= 11 is 6.03. The quantitative estimate of drug-likeness (QED) is 0.931. The first kappa shape index (κ1) is 15.6. The van der Waals surface area contributed by atoms with Crippen molar-refractivity contribution in [2.45, 2.75) is 13.0 Å². The third kappa shape index (κ3) is 3.28. The predicted octanol–water partition coefficient (Wildman–Crippen LogP) is 3.89. The van der Waals surface area contributed by atoms with E-state index >= 15 is 0 Å². The van der Waals surface area contributed by atoms with Gasteiger partial charge in [-0.15, -0.1) is 0 Å². The first-order valence-corrected chi connectivity index (χ1v) is 6.70. The molecule has 0 amide bonds. The molecule has 0 bridgehead atoms. The van der Waals surface area contributed by atoms with Crippen LogP contribution < -0.4 is 9.47 Å². The van der Waals surface area contributed by atoms with Gasteiger partial charge >= 0.3 is 0 Å². The third-order valence-corrected chi connectivity index (χ3v) is 3.59. The average Bonchev–Trinajstić information content (AvgIpc) is 2.49. The Morgan fingerprint density at radius 2 is 1.62 bits per heavy atom. The van der Waals surface area contributed by atoms with Crippen molar-refractivity contribution in [2.24, 2.45) is 0 Å². The van der Waals surface area contributed by atoms with Crippen LogP contribution in [0.25, 0.3) is 0 Å². The second kappa shape index (κ2) is 6.33. The van der Waals surface area contributed by atoms with Crippen molar-refractivity contribution in [2.75, 3.05) is 14.2 Å². The van der Waals surface area contributed by atoms with Gasteiger partial charge in [0.2, 0.25) is 0 Å². The molecule has 3 nitrogen and oxygen atoms in total. The number of benzene rings is 2. The number of methoxy groups -OCH3 is 2. The van der Waals surface area contributed by atoms with Crippen LogP contribution in [0.4, 0.5) is 4.39 Å². The Morgan fingerprint density at radius 3 is 2.14 bits per heavy atom. The molecule has 0 radical (unpaired) electrons. The van der Waals surface area contributed by atoms with Crippen molar-refractivity contribution in [3.8, 4) is 11.5 Å². The van der Waals surface area contributed by atoms with E-state index in [-0.39, 0.29) is 5.02 Å². The highest BCUT2D eigenvalue weighted by Crippen LogP contribution is 2.34. The fraction of sp³-hybridized carbons (Fsp3) is 0.250. The van der Waals surface area contributed by atoms with E-state index in [0.29, 0.717) is 28.2 Å². The van der Waals surface area contributed by atoms with Crippen molar-refractivity contribution in [1.29, 1.82) is 0 Å². The van der Waals surface area contributed by atoms with Gasteiger partial charge < -0.3 is 14.6 Å². The van der Waals surface area contributed by atoms with Crippen molar-refractivity contribution < 1.29 is 19.0 Å². The Morgan fingerprint density at radius 1 is 1.05 bits per heavy atom. The van der Waals surface area contributed by atoms with E-state index in [1.165, 1.54) is 26.4 Å². The summed E-state index contributed by atoms with van der Waals surface area (Å²) in [6, 6.07) is 7.80. The van der Waals surface area contributed by atoms with Crippen molar-refractivity contribution >= 4 is 11.6 Å². The molecule has 2 rings (SSSR count). The monoisotopic (exact) mass is 310 g/mol. The van der Waals surface area contributed by atoms with Gasteiger partial charge in [-0.05, 0) is 42.3 Å². The number of hydrogen-bond donors (Lipinski definition) is 1. The fourth-order valence-corrected chi connectivity index (χ4v) is 2.31. The minimum Gasteiger partial charge on any atom is -0.497 e. The van der Waals surface area contributed by atoms with Crippen molar-refractivity contribution in [3.63, 3.8) is 0 Å². The lowest BCUT2D eigenvalue weighted by molar-refractivity contribution is 0.219. The molecule has 0 spiro atoms. The van der Waals surface area contributed by atoms with Crippen LogP contribution >= 0.6 is 11.6 Å². The molecule has 0 saturated carbocycles. The third-order valence-electron chi connectivity index (χ3n) is 3.26. The summed E-state index contributed by atoms with van der Waals surface area (Å²) in [6.07, 6.45) is -0.999. The number of hydrogen-bond acceptors (Lipinski definition) is 3. The van der Waals surface area contributed by atoms with E-state index in [9.17, 15) is 9.50 Å². The van der Waals surface area contributed by atoms with Crippen LogP contribution in [0.15, 0.2) is 30.3 Å². The molecule has 0 saturated heterocycles. The topological polar surface area (TPSA) is 38.7 Å². The highest BCUT2D eigenvalue weighted by atomic mass is 35.5. The van der Waals surface area contributed by atoms with Gasteiger partial charge in [0, 0.05) is 16.7 Å². The number of halogens is 2. The summed E-state index contributed by atoms with van der Waals surface area (Å²) in [4.78, 5) is 0. The van der Waals surface area contributed by atoms with Gasteiger partial charge in [0.1, 0.15) is 23.4 Å². The van der Waals surface area contributed by atoms with E-state index in [1.807, 2.05) is 0 Å². The SMILES string of the molecule is COc1cc(OC)cc(C(O)c2cc(C)c(F)cc2Cl)c1. The first-order chi connectivity index (χ1) is 9.96. The van der Waals surface area contributed by atoms with Crippen LogP contribution in [0, 0.1) is 12.7 Å². The van der Waals surface area contributed by atoms with Crippen LogP contribution in [0.5, 0.6) is 11.5 Å². The highest BCUT2D eigenvalue weighted by molar-refractivity contribution is 6.31. The minimum atomic E-state index is -0.999. The summed E-state index contributed by atoms with van der Waals surface area (Å²) < 4.78 is 23.8. The molecule has 2 aromatic carbocycles. The second-order valence-corrected chi connectivity index (χ2v) is 5.08. The minimum absolute atomic E-state index is 0.174. The van der Waals surface area contributed by atoms with Gasteiger partial charge in [-0.3, -0.25) is 0 Å². The van der Waals surface area contributed by atoms with E-state index in [4.69, 9.17) is 21.1 Å². The van der Waals surface area contributed by atoms with Gasteiger partial charge in [-0.1, -0.05) is 11.6 Å². The molecule has 21 heavy (non-hydrogen) atoms. The smallest absolute Gasteiger partial charge is 0.127 e. The number of rotatable bonds is 4. The maximum absolute atomic E-state index is 13.5. The summed E-state index contributed by atoms with van der Waals surface area (Å²) in [7, 11) is 3.06. The summed E-state index contributed by atoms with van der Waals surface area (Å²) in [5.41, 5.74) is 1.41. The molecule has 0 heterocycles. The van der Waals surface area contributed by atoms with Crippen LogP contribution in [-0.2, 0) is 0 Å². The molecule has 0 fully saturated rings. The lowest BCUT2D eigenvalue weighted by Crippen LogP contribution is -2.03. The summed E-state index contributed by atoms with van der Waals surface area (Å²) in [5.74, 6) is 0.705. The van der Waals surface area contributed by atoms with Crippen LogP contribution in [0.2, 0.25) is 5.02 Å². The summed E-state index contributed by atoms with van der Waals surface area (Å²) in [6.45, 7) is 1.62. The maximum Gasteiger partial charge on any atom is 0.127 e. The Balaban J connectivity index is 2.49. The summed E-state index contributed by atoms with van der Waals surface area (Å²) in [5, 5.41) is 10.7. The molecule has 5 heteroatoms. The largest absolute Gasteiger partial charge is 0.497 e. The molecule has 0 aliphatic carbocycles. The van der Waals surface area contributed by atoms with Crippen LogP contribution in [-0.4, -0.2) is 19.3 Å². The Hall–Kier alpha value is -1.78. The van der Waals surface area contributed by atoms with Gasteiger partial charge in [0.05, 0.1) is 14.2 Å². The second-order valence-electron chi connectivity index (χ2n) is 4.67. The van der Waals surface area contributed by atoms with Gasteiger partial charge in [-0.25, -0.2) is 4.39 Å². The highest BCUT2D eigenvalue weighted by Gasteiger charge is 2.18. The van der Waals surface area contributed by atoms with E-state index in [1.54, 1.807) is 25.1 Å². The maximum atomic E-state index is 13.5. The fourth-order valence-electron chi connectivity index (χ4n) is 2.06. The Bertz CT molecular complexity index is 636. The van der Waals surface area contributed by atoms with Gasteiger partial charge in [-0.2, -0.15) is 0 Å². The van der Waals surface area contributed by atoms with Crippen molar-refractivity contribution in [3.05, 3.63) is 57.9 Å². The molecular formula is C16H16ClFO3. The number of ether oxygens (including phenoxy) is 2. The van der Waals surface area contributed by atoms with Crippen LogP contribution in [0.3, 0.4) is 0 Å².